The van der Waals surface area contributed by atoms with Gasteiger partial charge in [-0.15, -0.1) is 12.4 Å². The van der Waals surface area contributed by atoms with E-state index < -0.39 is 0 Å². The van der Waals surface area contributed by atoms with Crippen molar-refractivity contribution < 1.29 is 4.79 Å². The van der Waals surface area contributed by atoms with Crippen LogP contribution in [0.1, 0.15) is 87.2 Å². The van der Waals surface area contributed by atoms with Crippen LogP contribution in [0.2, 0.25) is 0 Å². The molecule has 2 atom stereocenters. The number of ketones is 1. The molecule has 29 heavy (non-hydrogen) atoms. The number of nitrogens with zero attached hydrogens (tertiary/aromatic N) is 2. The SMILES string of the molecule is Cl.O=C(C(c1ccncc1)C1CCCCC1)C(c1ccncc1)C1CCCCC1. The normalized spacial score (nSPS) is 20.4. The maximum atomic E-state index is 14.2. The van der Waals surface area contributed by atoms with E-state index in [-0.39, 0.29) is 24.2 Å². The Balaban J connectivity index is 0.00000240. The molecule has 2 aromatic rings. The minimum Gasteiger partial charge on any atom is -0.298 e. The van der Waals surface area contributed by atoms with Gasteiger partial charge in [0.15, 0.2) is 0 Å². The van der Waals surface area contributed by atoms with Gasteiger partial charge in [0.1, 0.15) is 5.78 Å². The van der Waals surface area contributed by atoms with Crippen molar-refractivity contribution in [1.82, 2.24) is 9.97 Å². The molecule has 2 aromatic heterocycles. The second-order valence-corrected chi connectivity index (χ2v) is 8.71. The van der Waals surface area contributed by atoms with Crippen LogP contribution >= 0.6 is 12.4 Å². The molecule has 0 spiro atoms. The van der Waals surface area contributed by atoms with Crippen molar-refractivity contribution >= 4 is 18.2 Å². The van der Waals surface area contributed by atoms with Gasteiger partial charge in [-0.05, 0) is 72.9 Å². The van der Waals surface area contributed by atoms with Crippen LogP contribution in [-0.4, -0.2) is 15.8 Å². The highest BCUT2D eigenvalue weighted by atomic mass is 35.5. The van der Waals surface area contributed by atoms with Crippen molar-refractivity contribution in [2.75, 3.05) is 0 Å². The highest BCUT2D eigenvalue weighted by Gasteiger charge is 2.39. The molecule has 0 amide bonds. The van der Waals surface area contributed by atoms with E-state index in [0.29, 0.717) is 17.6 Å². The predicted octanol–water partition coefficient (Wildman–Crippen LogP) is 6.50. The van der Waals surface area contributed by atoms with Crippen molar-refractivity contribution in [3.05, 3.63) is 60.2 Å². The van der Waals surface area contributed by atoms with Crippen LogP contribution in [-0.2, 0) is 4.79 Å². The van der Waals surface area contributed by atoms with Gasteiger partial charge in [-0.2, -0.15) is 0 Å². The van der Waals surface area contributed by atoms with Crippen molar-refractivity contribution in [3.8, 4) is 0 Å². The lowest BCUT2D eigenvalue weighted by atomic mass is 9.67. The predicted molar refractivity (Wildman–Crippen MR) is 119 cm³/mol. The molecular formula is C25H33ClN2O. The minimum absolute atomic E-state index is 0. The van der Waals surface area contributed by atoms with Gasteiger partial charge >= 0.3 is 0 Å². The number of aromatic nitrogens is 2. The fourth-order valence-electron chi connectivity index (χ4n) is 5.61. The molecule has 0 N–H and O–H groups in total. The number of carbonyl (C=O) groups excluding carboxylic acids is 1. The molecular weight excluding hydrogens is 380 g/mol. The van der Waals surface area contributed by atoms with Gasteiger partial charge in [0.25, 0.3) is 0 Å². The summed E-state index contributed by atoms with van der Waals surface area (Å²) in [4.78, 5) is 22.6. The van der Waals surface area contributed by atoms with Gasteiger partial charge in [0.2, 0.25) is 0 Å². The fraction of sp³-hybridized carbons (Fsp3) is 0.560. The Morgan fingerprint density at radius 1 is 0.655 bits per heavy atom. The summed E-state index contributed by atoms with van der Waals surface area (Å²) in [6, 6.07) is 8.28. The van der Waals surface area contributed by atoms with Crippen LogP contribution in [0.5, 0.6) is 0 Å². The number of rotatable bonds is 6. The van der Waals surface area contributed by atoms with Gasteiger partial charge in [0, 0.05) is 36.6 Å². The fourth-order valence-corrected chi connectivity index (χ4v) is 5.61. The summed E-state index contributed by atoms with van der Waals surface area (Å²) in [5.41, 5.74) is 2.34. The number of pyridine rings is 2. The summed E-state index contributed by atoms with van der Waals surface area (Å²) >= 11 is 0. The molecule has 0 saturated heterocycles. The van der Waals surface area contributed by atoms with E-state index in [1.807, 2.05) is 24.8 Å². The Morgan fingerprint density at radius 3 is 1.34 bits per heavy atom. The van der Waals surface area contributed by atoms with Crippen molar-refractivity contribution in [2.24, 2.45) is 11.8 Å². The number of carbonyl (C=O) groups is 1. The maximum Gasteiger partial charge on any atom is 0.148 e. The first kappa shape index (κ1) is 22.0. The number of Topliss-reactive ketones (excluding diaryl/α,β-unsaturated/α-hetero) is 1. The number of hydrogen-bond acceptors (Lipinski definition) is 3. The monoisotopic (exact) mass is 412 g/mol. The Labute approximate surface area is 181 Å². The second-order valence-electron chi connectivity index (χ2n) is 8.71. The number of hydrogen-bond donors (Lipinski definition) is 0. The van der Waals surface area contributed by atoms with E-state index >= 15 is 0 Å². The van der Waals surface area contributed by atoms with Gasteiger partial charge in [-0.3, -0.25) is 14.8 Å². The second kappa shape index (κ2) is 10.9. The van der Waals surface area contributed by atoms with Crippen LogP contribution in [0.15, 0.2) is 49.1 Å². The third kappa shape index (κ3) is 5.25. The first-order valence-corrected chi connectivity index (χ1v) is 11.2. The van der Waals surface area contributed by atoms with Gasteiger partial charge < -0.3 is 0 Å². The Kier molecular flexibility index (Phi) is 8.23. The lowest BCUT2D eigenvalue weighted by Gasteiger charge is -2.36. The van der Waals surface area contributed by atoms with Crippen LogP contribution in [0, 0.1) is 11.8 Å². The van der Waals surface area contributed by atoms with E-state index in [2.05, 4.69) is 34.2 Å². The maximum absolute atomic E-state index is 14.2. The van der Waals surface area contributed by atoms with Crippen molar-refractivity contribution in [3.63, 3.8) is 0 Å². The van der Waals surface area contributed by atoms with Crippen molar-refractivity contribution in [2.45, 2.75) is 76.0 Å². The smallest absolute Gasteiger partial charge is 0.148 e. The summed E-state index contributed by atoms with van der Waals surface area (Å²) in [6.07, 6.45) is 19.7. The number of halogens is 1. The standard InChI is InChI=1S/C25H32N2O.ClH/c28-25(23(19-7-3-1-4-8-19)21-11-15-26-16-12-21)24(20-9-5-2-6-10-20)22-13-17-27-18-14-22;/h11-20,23-24H,1-10H2;1H. The summed E-state index contributed by atoms with van der Waals surface area (Å²) < 4.78 is 0. The zero-order valence-corrected chi connectivity index (χ0v) is 18.0. The third-order valence-corrected chi connectivity index (χ3v) is 6.99. The zero-order valence-electron chi connectivity index (χ0n) is 17.2. The van der Waals surface area contributed by atoms with E-state index in [1.54, 1.807) is 0 Å². The molecule has 2 aliphatic carbocycles. The molecule has 2 saturated carbocycles. The molecule has 2 heterocycles. The van der Waals surface area contributed by atoms with E-state index in [9.17, 15) is 4.79 Å². The molecule has 3 nitrogen and oxygen atoms in total. The molecule has 0 aromatic carbocycles. The molecule has 0 radical (unpaired) electrons. The average molecular weight is 413 g/mol. The van der Waals surface area contributed by atoms with Gasteiger partial charge in [-0.1, -0.05) is 38.5 Å². The molecule has 4 heteroatoms. The van der Waals surface area contributed by atoms with Crippen LogP contribution in [0.4, 0.5) is 0 Å². The quantitative estimate of drug-likeness (QED) is 0.544. The topological polar surface area (TPSA) is 42.9 Å². The third-order valence-electron chi connectivity index (χ3n) is 6.99. The Bertz CT molecular complexity index is 676. The van der Waals surface area contributed by atoms with E-state index in [1.165, 1.54) is 75.3 Å². The Morgan fingerprint density at radius 2 is 1.00 bits per heavy atom. The van der Waals surface area contributed by atoms with Crippen LogP contribution in [0.25, 0.3) is 0 Å². The molecule has 0 aliphatic heterocycles. The highest BCUT2D eigenvalue weighted by molar-refractivity contribution is 5.92. The van der Waals surface area contributed by atoms with Crippen LogP contribution in [0.3, 0.4) is 0 Å². The molecule has 2 fully saturated rings. The molecule has 0 bridgehead atoms. The molecule has 4 rings (SSSR count). The lowest BCUT2D eigenvalue weighted by molar-refractivity contribution is -0.125. The van der Waals surface area contributed by atoms with Gasteiger partial charge in [0.05, 0.1) is 0 Å². The molecule has 2 unspecified atom stereocenters. The summed E-state index contributed by atoms with van der Waals surface area (Å²) in [5.74, 6) is 1.39. The summed E-state index contributed by atoms with van der Waals surface area (Å²) in [5, 5.41) is 0. The lowest BCUT2D eigenvalue weighted by Crippen LogP contribution is -2.32. The highest BCUT2D eigenvalue weighted by Crippen LogP contribution is 2.44. The molecule has 156 valence electrons. The van der Waals surface area contributed by atoms with Crippen LogP contribution < -0.4 is 0 Å². The van der Waals surface area contributed by atoms with Gasteiger partial charge in [-0.25, -0.2) is 0 Å². The first-order valence-electron chi connectivity index (χ1n) is 11.2. The van der Waals surface area contributed by atoms with E-state index in [0.717, 1.165) is 0 Å². The zero-order chi connectivity index (χ0) is 19.2. The largest absolute Gasteiger partial charge is 0.298 e. The summed E-state index contributed by atoms with van der Waals surface area (Å²) in [7, 11) is 0. The minimum atomic E-state index is 0. The summed E-state index contributed by atoms with van der Waals surface area (Å²) in [6.45, 7) is 0. The molecule has 2 aliphatic rings. The van der Waals surface area contributed by atoms with Crippen molar-refractivity contribution in [1.29, 1.82) is 0 Å². The van der Waals surface area contributed by atoms with E-state index in [4.69, 9.17) is 0 Å². The Hall–Kier alpha value is -1.74. The average Bonchev–Trinajstić information content (AvgIpc) is 2.77. The first-order chi connectivity index (χ1) is 13.8.